The molecule has 4 rings (SSSR count). The summed E-state index contributed by atoms with van der Waals surface area (Å²) in [6, 6.07) is 15.2. The molecule has 2 aromatic carbocycles. The molecule has 0 fully saturated rings. The molecule has 1 amide bonds. The maximum absolute atomic E-state index is 12.6. The number of nitrogens with one attached hydrogen (secondary N) is 1. The van der Waals surface area contributed by atoms with Gasteiger partial charge in [-0.15, -0.1) is 0 Å². The molecule has 0 bridgehead atoms. The van der Waals surface area contributed by atoms with Crippen LogP contribution in [-0.2, 0) is 30.6 Å². The molecule has 25 heavy (non-hydrogen) atoms. The second kappa shape index (κ2) is 6.93. The Morgan fingerprint density at radius 1 is 1.08 bits per heavy atom. The highest BCUT2D eigenvalue weighted by atomic mass is 79.9. The van der Waals surface area contributed by atoms with Gasteiger partial charge in [-0.25, -0.2) is 0 Å². The van der Waals surface area contributed by atoms with Crippen LogP contribution in [0, 0.1) is 5.92 Å². The summed E-state index contributed by atoms with van der Waals surface area (Å²) in [6.07, 6.45) is 2.71. The van der Waals surface area contributed by atoms with Crippen LogP contribution in [0.3, 0.4) is 0 Å². The lowest BCUT2D eigenvalue weighted by atomic mass is 9.94. The zero-order valence-electron chi connectivity index (χ0n) is 14.5. The number of nitrogens with zero attached hydrogens (tertiary/aromatic N) is 1. The van der Waals surface area contributed by atoms with E-state index in [2.05, 4.69) is 75.7 Å². The first-order valence-electron chi connectivity index (χ1n) is 8.93. The fourth-order valence-electron chi connectivity index (χ4n) is 4.10. The van der Waals surface area contributed by atoms with E-state index in [4.69, 9.17) is 0 Å². The van der Waals surface area contributed by atoms with Crippen LogP contribution < -0.4 is 5.32 Å². The molecule has 1 N–H and O–H groups in total. The van der Waals surface area contributed by atoms with E-state index in [-0.39, 0.29) is 11.8 Å². The molecular formula is C21H23BrN2O. The number of fused-ring (bicyclic) bond motifs is 2. The fourth-order valence-corrected chi connectivity index (χ4v) is 4.67. The number of amides is 1. The van der Waals surface area contributed by atoms with Gasteiger partial charge in [-0.1, -0.05) is 52.3 Å². The number of halogens is 1. The van der Waals surface area contributed by atoms with Gasteiger partial charge in [0.2, 0.25) is 5.91 Å². The third-order valence-corrected chi connectivity index (χ3v) is 6.38. The summed E-state index contributed by atoms with van der Waals surface area (Å²) in [5.74, 6) is 0.285. The zero-order valence-corrected chi connectivity index (χ0v) is 16.1. The molecular weight excluding hydrogens is 376 g/mol. The van der Waals surface area contributed by atoms with Crippen molar-refractivity contribution in [2.75, 3.05) is 13.6 Å². The highest BCUT2D eigenvalue weighted by molar-refractivity contribution is 9.10. The molecule has 1 aliphatic heterocycles. The number of carbonyl (C=O) groups is 1. The van der Waals surface area contributed by atoms with Crippen molar-refractivity contribution in [1.29, 1.82) is 0 Å². The van der Waals surface area contributed by atoms with Crippen LogP contribution in [-0.4, -0.2) is 30.4 Å². The minimum Gasteiger partial charge on any atom is -0.354 e. The lowest BCUT2D eigenvalue weighted by molar-refractivity contribution is -0.125. The number of likely N-dealkylation sites (N-methyl/N-ethyl adjacent to an activating group) is 1. The van der Waals surface area contributed by atoms with Crippen LogP contribution >= 0.6 is 15.9 Å². The normalized spacial score (nSPS) is 20.2. The number of hydrogen-bond donors (Lipinski definition) is 1. The summed E-state index contributed by atoms with van der Waals surface area (Å²) >= 11 is 3.67. The average Bonchev–Trinajstić information content (AvgIpc) is 3.04. The minimum absolute atomic E-state index is 0.0883. The maximum atomic E-state index is 12.6. The van der Waals surface area contributed by atoms with Gasteiger partial charge in [0.1, 0.15) is 0 Å². The van der Waals surface area contributed by atoms with Crippen LogP contribution in [0.25, 0.3) is 0 Å². The Kier molecular flexibility index (Phi) is 4.65. The number of rotatable bonds is 3. The summed E-state index contributed by atoms with van der Waals surface area (Å²) < 4.78 is 1.18. The Balaban J connectivity index is 1.37. The summed E-state index contributed by atoms with van der Waals surface area (Å²) in [5, 5.41) is 3.21. The van der Waals surface area contributed by atoms with Crippen LogP contribution in [0.2, 0.25) is 0 Å². The Bertz CT molecular complexity index is 779. The quantitative estimate of drug-likeness (QED) is 0.859. The molecule has 0 saturated heterocycles. The monoisotopic (exact) mass is 398 g/mol. The number of carbonyl (C=O) groups excluding carboxylic acids is 1. The Morgan fingerprint density at radius 2 is 1.76 bits per heavy atom. The molecule has 0 spiro atoms. The van der Waals surface area contributed by atoms with E-state index in [1.807, 2.05) is 0 Å². The average molecular weight is 399 g/mol. The second-order valence-corrected chi connectivity index (χ2v) is 8.12. The maximum Gasteiger partial charge on any atom is 0.223 e. The number of hydrogen-bond acceptors (Lipinski definition) is 2. The molecule has 1 heterocycles. The first-order valence-corrected chi connectivity index (χ1v) is 9.72. The molecule has 2 aliphatic rings. The predicted molar refractivity (Wildman–Crippen MR) is 103 cm³/mol. The highest BCUT2D eigenvalue weighted by Crippen LogP contribution is 2.29. The summed E-state index contributed by atoms with van der Waals surface area (Å²) in [5.41, 5.74) is 5.42. The molecule has 1 unspecified atom stereocenters. The van der Waals surface area contributed by atoms with E-state index < -0.39 is 0 Å². The molecule has 1 aliphatic carbocycles. The minimum atomic E-state index is 0.0883. The summed E-state index contributed by atoms with van der Waals surface area (Å²) in [4.78, 5) is 15.0. The van der Waals surface area contributed by atoms with Gasteiger partial charge in [0.25, 0.3) is 0 Å². The topological polar surface area (TPSA) is 32.3 Å². The van der Waals surface area contributed by atoms with E-state index >= 15 is 0 Å². The van der Waals surface area contributed by atoms with Gasteiger partial charge >= 0.3 is 0 Å². The van der Waals surface area contributed by atoms with Crippen LogP contribution in [0.15, 0.2) is 46.9 Å². The zero-order chi connectivity index (χ0) is 17.4. The van der Waals surface area contributed by atoms with Crippen molar-refractivity contribution in [2.45, 2.75) is 31.8 Å². The van der Waals surface area contributed by atoms with E-state index in [1.54, 1.807) is 0 Å². The van der Waals surface area contributed by atoms with Crippen molar-refractivity contribution in [2.24, 2.45) is 5.92 Å². The largest absolute Gasteiger partial charge is 0.354 e. The Morgan fingerprint density at radius 3 is 2.48 bits per heavy atom. The summed E-state index contributed by atoms with van der Waals surface area (Å²) in [7, 11) is 2.14. The first-order chi connectivity index (χ1) is 12.1. The van der Waals surface area contributed by atoms with Crippen molar-refractivity contribution in [1.82, 2.24) is 10.2 Å². The van der Waals surface area contributed by atoms with Crippen molar-refractivity contribution >= 4 is 21.8 Å². The van der Waals surface area contributed by atoms with E-state index in [9.17, 15) is 4.79 Å². The molecule has 2 aromatic rings. The second-order valence-electron chi connectivity index (χ2n) is 7.27. The van der Waals surface area contributed by atoms with Gasteiger partial charge < -0.3 is 5.32 Å². The third-order valence-electron chi connectivity index (χ3n) is 5.63. The molecule has 130 valence electrons. The highest BCUT2D eigenvalue weighted by Gasteiger charge is 2.29. The van der Waals surface area contributed by atoms with Crippen LogP contribution in [0.5, 0.6) is 0 Å². The fraction of sp³-hybridized carbons (Fsp3) is 0.381. The Labute approximate surface area is 157 Å². The van der Waals surface area contributed by atoms with Crippen LogP contribution in [0.4, 0.5) is 0 Å². The van der Waals surface area contributed by atoms with Gasteiger partial charge in [-0.05, 0) is 54.6 Å². The lowest BCUT2D eigenvalue weighted by Crippen LogP contribution is -2.46. The standard InChI is InChI=1S/C21H23BrN2O/c1-24-13-16-7-4-8-20(22)19(16)11-18(24)12-23-21(25)17-9-14-5-2-3-6-15(14)10-17/h2-8,17-18H,9-13H2,1H3,(H,23,25). The van der Waals surface area contributed by atoms with Gasteiger partial charge in [-0.3, -0.25) is 9.69 Å². The van der Waals surface area contributed by atoms with Crippen molar-refractivity contribution in [3.8, 4) is 0 Å². The van der Waals surface area contributed by atoms with Crippen molar-refractivity contribution in [3.05, 3.63) is 69.2 Å². The smallest absolute Gasteiger partial charge is 0.223 e. The molecule has 1 atom stereocenters. The SMILES string of the molecule is CN1Cc2cccc(Br)c2CC1CNC(=O)C1Cc2ccccc2C1. The van der Waals surface area contributed by atoms with Crippen molar-refractivity contribution < 1.29 is 4.79 Å². The van der Waals surface area contributed by atoms with Crippen molar-refractivity contribution in [3.63, 3.8) is 0 Å². The van der Waals surface area contributed by atoms with Crippen LogP contribution in [0.1, 0.15) is 22.3 Å². The third kappa shape index (κ3) is 3.38. The number of benzene rings is 2. The summed E-state index contributed by atoms with van der Waals surface area (Å²) in [6.45, 7) is 1.65. The molecule has 4 heteroatoms. The molecule has 0 saturated carbocycles. The van der Waals surface area contributed by atoms with Gasteiger partial charge in [-0.2, -0.15) is 0 Å². The molecule has 3 nitrogen and oxygen atoms in total. The predicted octanol–water partition coefficient (Wildman–Crippen LogP) is 3.34. The van der Waals surface area contributed by atoms with E-state index in [0.717, 1.165) is 25.8 Å². The Hall–Kier alpha value is -1.65. The van der Waals surface area contributed by atoms with Gasteiger partial charge in [0.15, 0.2) is 0 Å². The van der Waals surface area contributed by atoms with E-state index in [1.165, 1.54) is 26.7 Å². The van der Waals surface area contributed by atoms with E-state index in [0.29, 0.717) is 12.6 Å². The van der Waals surface area contributed by atoms with Gasteiger partial charge in [0.05, 0.1) is 0 Å². The first kappa shape index (κ1) is 16.8. The lowest BCUT2D eigenvalue weighted by Gasteiger charge is -2.35. The van der Waals surface area contributed by atoms with Gasteiger partial charge in [0, 0.05) is 29.5 Å². The molecule has 0 aromatic heterocycles. The molecule has 0 radical (unpaired) electrons.